The fourth-order valence-electron chi connectivity index (χ4n) is 1.50. The molecular formula is C11H8N3O2. The van der Waals surface area contributed by atoms with Gasteiger partial charge in [0.25, 0.3) is 6.29 Å². The van der Waals surface area contributed by atoms with Crippen molar-refractivity contribution in [3.63, 3.8) is 0 Å². The molecule has 1 aliphatic heterocycles. The molecule has 1 unspecified atom stereocenters. The summed E-state index contributed by atoms with van der Waals surface area (Å²) in [7, 11) is 0. The van der Waals surface area contributed by atoms with E-state index in [1.165, 1.54) is 11.1 Å². The normalized spacial score (nSPS) is 14.8. The van der Waals surface area contributed by atoms with Crippen molar-refractivity contribution < 1.29 is 9.47 Å². The smallest absolute Gasteiger partial charge is 0.267 e. The third kappa shape index (κ3) is 1.52. The molecule has 0 amide bonds. The molecule has 1 aliphatic rings. The van der Waals surface area contributed by atoms with Gasteiger partial charge in [0.05, 0.1) is 18.1 Å². The minimum absolute atomic E-state index is 0.421. The van der Waals surface area contributed by atoms with E-state index in [0.29, 0.717) is 0 Å². The highest BCUT2D eigenvalue weighted by molar-refractivity contribution is 5.34. The number of rotatable bonds is 2. The number of nitrogens with zero attached hydrogens (tertiary/aromatic N) is 3. The average Bonchev–Trinajstić information content (AvgIpc) is 3.03. The Hall–Kier alpha value is -2.30. The van der Waals surface area contributed by atoms with Crippen LogP contribution in [0.5, 0.6) is 0 Å². The van der Waals surface area contributed by atoms with Gasteiger partial charge in [-0.1, -0.05) is 12.1 Å². The number of hydrogen-bond donors (Lipinski definition) is 0. The van der Waals surface area contributed by atoms with E-state index in [1.807, 2.05) is 24.3 Å². The van der Waals surface area contributed by atoms with E-state index in [2.05, 4.69) is 16.5 Å². The lowest BCUT2D eigenvalue weighted by Gasteiger charge is -2.10. The topological polar surface area (TPSA) is 49.2 Å². The summed E-state index contributed by atoms with van der Waals surface area (Å²) >= 11 is 0. The van der Waals surface area contributed by atoms with Crippen molar-refractivity contribution in [2.45, 2.75) is 6.29 Å². The van der Waals surface area contributed by atoms with Crippen LogP contribution in [-0.2, 0) is 9.47 Å². The van der Waals surface area contributed by atoms with Crippen molar-refractivity contribution in [1.82, 2.24) is 15.0 Å². The van der Waals surface area contributed by atoms with Gasteiger partial charge in [-0.05, 0) is 12.1 Å². The molecule has 0 aliphatic carbocycles. The van der Waals surface area contributed by atoms with Gasteiger partial charge in [0.1, 0.15) is 6.26 Å². The summed E-state index contributed by atoms with van der Waals surface area (Å²) in [5, 5.41) is 8.11. The van der Waals surface area contributed by atoms with Crippen LogP contribution < -0.4 is 0 Å². The van der Waals surface area contributed by atoms with E-state index in [1.54, 1.807) is 12.4 Å². The van der Waals surface area contributed by atoms with Gasteiger partial charge < -0.3 is 9.47 Å². The minimum atomic E-state index is -0.421. The molecule has 5 nitrogen and oxygen atoms in total. The summed E-state index contributed by atoms with van der Waals surface area (Å²) in [5.41, 5.74) is 1.76. The molecule has 2 heterocycles. The Morgan fingerprint density at radius 1 is 1.25 bits per heavy atom. The third-order valence-corrected chi connectivity index (χ3v) is 2.21. The summed E-state index contributed by atoms with van der Waals surface area (Å²) < 4.78 is 10.3. The maximum absolute atomic E-state index is 5.20. The van der Waals surface area contributed by atoms with Crippen LogP contribution in [0.1, 0.15) is 11.9 Å². The molecule has 3 rings (SSSR count). The first kappa shape index (κ1) is 8.96. The van der Waals surface area contributed by atoms with Crippen LogP contribution in [0.2, 0.25) is 0 Å². The maximum atomic E-state index is 5.20. The Labute approximate surface area is 91.9 Å². The SMILES string of the molecule is [C]1=COC(c2cccc(-n3nccn3)c2)O1. The predicted octanol–water partition coefficient (Wildman–Crippen LogP) is 1.59. The van der Waals surface area contributed by atoms with E-state index in [9.17, 15) is 0 Å². The van der Waals surface area contributed by atoms with Crippen LogP contribution in [0.3, 0.4) is 0 Å². The molecule has 16 heavy (non-hydrogen) atoms. The lowest BCUT2D eigenvalue weighted by atomic mass is 10.2. The van der Waals surface area contributed by atoms with E-state index < -0.39 is 6.29 Å². The summed E-state index contributed by atoms with van der Waals surface area (Å²) in [6.45, 7) is 0. The van der Waals surface area contributed by atoms with Crippen molar-refractivity contribution in [1.29, 1.82) is 0 Å². The molecule has 1 atom stereocenters. The largest absolute Gasteiger partial charge is 0.454 e. The first-order valence-electron chi connectivity index (χ1n) is 4.78. The lowest BCUT2D eigenvalue weighted by molar-refractivity contribution is -0.0302. The van der Waals surface area contributed by atoms with Crippen molar-refractivity contribution in [2.24, 2.45) is 0 Å². The molecule has 0 saturated carbocycles. The molecule has 1 radical (unpaired) electrons. The first-order chi connectivity index (χ1) is 7.93. The van der Waals surface area contributed by atoms with E-state index in [4.69, 9.17) is 9.47 Å². The van der Waals surface area contributed by atoms with E-state index in [0.717, 1.165) is 11.3 Å². The minimum Gasteiger partial charge on any atom is -0.454 e. The molecule has 0 spiro atoms. The van der Waals surface area contributed by atoms with Crippen molar-refractivity contribution >= 4 is 0 Å². The molecule has 0 bridgehead atoms. The Bertz CT molecular complexity index is 500. The zero-order chi connectivity index (χ0) is 10.8. The van der Waals surface area contributed by atoms with Gasteiger partial charge in [-0.3, -0.25) is 0 Å². The van der Waals surface area contributed by atoms with E-state index in [-0.39, 0.29) is 0 Å². The van der Waals surface area contributed by atoms with Gasteiger partial charge in [0.2, 0.25) is 6.26 Å². The van der Waals surface area contributed by atoms with Crippen LogP contribution in [0, 0.1) is 6.26 Å². The second-order valence-corrected chi connectivity index (χ2v) is 3.24. The quantitative estimate of drug-likeness (QED) is 0.761. The highest BCUT2D eigenvalue weighted by atomic mass is 16.7. The van der Waals surface area contributed by atoms with Gasteiger partial charge in [-0.15, -0.1) is 0 Å². The predicted molar refractivity (Wildman–Crippen MR) is 54.1 cm³/mol. The lowest BCUT2D eigenvalue weighted by Crippen LogP contribution is -2.02. The van der Waals surface area contributed by atoms with Crippen LogP contribution >= 0.6 is 0 Å². The number of aromatic nitrogens is 3. The first-order valence-corrected chi connectivity index (χ1v) is 4.78. The summed E-state index contributed by atoms with van der Waals surface area (Å²) in [6, 6.07) is 7.64. The van der Waals surface area contributed by atoms with Crippen LogP contribution in [0.25, 0.3) is 5.69 Å². The monoisotopic (exact) mass is 214 g/mol. The molecule has 1 aromatic carbocycles. The Kier molecular flexibility index (Phi) is 2.07. The molecule has 79 valence electrons. The van der Waals surface area contributed by atoms with Crippen molar-refractivity contribution in [3.05, 3.63) is 54.7 Å². The molecular weight excluding hydrogens is 206 g/mol. The van der Waals surface area contributed by atoms with Crippen LogP contribution in [-0.4, -0.2) is 15.0 Å². The van der Waals surface area contributed by atoms with Crippen LogP contribution in [0.15, 0.2) is 42.9 Å². The van der Waals surface area contributed by atoms with Gasteiger partial charge in [-0.25, -0.2) is 0 Å². The maximum Gasteiger partial charge on any atom is 0.267 e. The molecule has 5 heteroatoms. The summed E-state index contributed by atoms with van der Waals surface area (Å²) in [4.78, 5) is 1.54. The zero-order valence-corrected chi connectivity index (χ0v) is 8.28. The third-order valence-electron chi connectivity index (χ3n) is 2.21. The standard InChI is InChI=1S/C11H8N3O2/c1-2-9(11-15-6-7-16-11)8-10(3-1)14-12-4-5-13-14/h1-6,8,11H. The highest BCUT2D eigenvalue weighted by Crippen LogP contribution is 2.24. The Morgan fingerprint density at radius 3 is 2.88 bits per heavy atom. The average molecular weight is 214 g/mol. The molecule has 0 fully saturated rings. The Balaban J connectivity index is 1.94. The molecule has 2 aromatic rings. The second-order valence-electron chi connectivity index (χ2n) is 3.24. The summed E-state index contributed by atoms with van der Waals surface area (Å²) in [5.74, 6) is 0. The second kappa shape index (κ2) is 3.69. The fourth-order valence-corrected chi connectivity index (χ4v) is 1.50. The highest BCUT2D eigenvalue weighted by Gasteiger charge is 2.16. The van der Waals surface area contributed by atoms with Gasteiger partial charge in [0.15, 0.2) is 0 Å². The number of benzene rings is 1. The van der Waals surface area contributed by atoms with Crippen molar-refractivity contribution in [3.8, 4) is 5.69 Å². The van der Waals surface area contributed by atoms with Gasteiger partial charge in [-0.2, -0.15) is 15.0 Å². The Morgan fingerprint density at radius 2 is 2.12 bits per heavy atom. The molecule has 1 aromatic heterocycles. The van der Waals surface area contributed by atoms with Gasteiger partial charge >= 0.3 is 0 Å². The molecule has 0 saturated heterocycles. The number of ether oxygens (including phenoxy) is 2. The van der Waals surface area contributed by atoms with E-state index >= 15 is 0 Å². The van der Waals surface area contributed by atoms with Gasteiger partial charge in [0, 0.05) is 5.56 Å². The van der Waals surface area contributed by atoms with Crippen LogP contribution in [0.4, 0.5) is 0 Å². The fraction of sp³-hybridized carbons (Fsp3) is 0.0909. The van der Waals surface area contributed by atoms with Crippen molar-refractivity contribution in [2.75, 3.05) is 0 Å². The zero-order valence-electron chi connectivity index (χ0n) is 8.28. The number of hydrogen-bond acceptors (Lipinski definition) is 4. The summed E-state index contributed by atoms with van der Waals surface area (Å²) in [6.07, 6.45) is 6.78. The molecule has 0 N–H and O–H groups in total.